The van der Waals surface area contributed by atoms with Crippen LogP contribution in [0, 0.1) is 22.7 Å². The lowest BCUT2D eigenvalue weighted by Gasteiger charge is -2.32. The van der Waals surface area contributed by atoms with Gasteiger partial charge in [-0.25, -0.2) is 4.79 Å². The highest BCUT2D eigenvalue weighted by atomic mass is 16.5. The van der Waals surface area contributed by atoms with E-state index in [9.17, 15) is 4.79 Å². The van der Waals surface area contributed by atoms with E-state index in [0.717, 1.165) is 0 Å². The molecule has 1 aliphatic rings. The zero-order valence-electron chi connectivity index (χ0n) is 10.0. The van der Waals surface area contributed by atoms with Crippen LogP contribution in [-0.4, -0.2) is 36.9 Å². The van der Waals surface area contributed by atoms with Crippen molar-refractivity contribution in [1.82, 2.24) is 0 Å². The maximum Gasteiger partial charge on any atom is 0.335 e. The molecule has 1 aromatic rings. The van der Waals surface area contributed by atoms with Gasteiger partial charge in [-0.15, -0.1) is 0 Å². The minimum atomic E-state index is -1.07. The molecule has 2 rings (SSSR count). The van der Waals surface area contributed by atoms with E-state index in [1.807, 2.05) is 17.0 Å². The van der Waals surface area contributed by atoms with Crippen LogP contribution < -0.4 is 4.90 Å². The van der Waals surface area contributed by atoms with Gasteiger partial charge in [-0.05, 0) is 18.2 Å². The Morgan fingerprint density at radius 2 is 2.26 bits per heavy atom. The molecule has 1 heterocycles. The monoisotopic (exact) mass is 257 g/mol. The molecular weight excluding hydrogens is 246 g/mol. The molecule has 1 N–H and O–H groups in total. The molecule has 1 aliphatic heterocycles. The first-order valence-electron chi connectivity index (χ1n) is 5.69. The van der Waals surface area contributed by atoms with Gasteiger partial charge in [0, 0.05) is 6.54 Å². The summed E-state index contributed by atoms with van der Waals surface area (Å²) < 4.78 is 5.23. The molecule has 6 heteroatoms. The van der Waals surface area contributed by atoms with Crippen molar-refractivity contribution in [2.75, 3.05) is 24.6 Å². The summed E-state index contributed by atoms with van der Waals surface area (Å²) in [4.78, 5) is 12.7. The molecule has 1 unspecified atom stereocenters. The first-order valence-corrected chi connectivity index (χ1v) is 5.69. The Morgan fingerprint density at radius 3 is 2.89 bits per heavy atom. The van der Waals surface area contributed by atoms with Crippen LogP contribution in [0.4, 0.5) is 5.69 Å². The predicted octanol–water partition coefficient (Wildman–Crippen LogP) is 0.985. The quantitative estimate of drug-likeness (QED) is 0.848. The van der Waals surface area contributed by atoms with Crippen LogP contribution in [0.15, 0.2) is 18.2 Å². The second-order valence-corrected chi connectivity index (χ2v) is 4.08. The van der Waals surface area contributed by atoms with Gasteiger partial charge in [-0.3, -0.25) is 0 Å². The molecule has 1 aromatic carbocycles. The van der Waals surface area contributed by atoms with Gasteiger partial charge in [0.25, 0.3) is 0 Å². The van der Waals surface area contributed by atoms with Crippen LogP contribution in [0.25, 0.3) is 0 Å². The fraction of sp³-hybridized carbons (Fsp3) is 0.308. The van der Waals surface area contributed by atoms with Crippen LogP contribution in [0.5, 0.6) is 0 Å². The lowest BCUT2D eigenvalue weighted by Crippen LogP contribution is -2.42. The van der Waals surface area contributed by atoms with E-state index in [-0.39, 0.29) is 5.56 Å². The summed E-state index contributed by atoms with van der Waals surface area (Å²) >= 11 is 0. The number of carboxylic acid groups (broad SMARTS) is 1. The molecule has 0 aliphatic carbocycles. The van der Waals surface area contributed by atoms with Crippen molar-refractivity contribution < 1.29 is 14.6 Å². The molecule has 0 saturated carbocycles. The molecule has 1 atom stereocenters. The topological polar surface area (TPSA) is 97.3 Å². The molecule has 0 radical (unpaired) electrons. The highest BCUT2D eigenvalue weighted by molar-refractivity contribution is 5.89. The van der Waals surface area contributed by atoms with Gasteiger partial charge in [0.2, 0.25) is 0 Å². The average molecular weight is 257 g/mol. The van der Waals surface area contributed by atoms with E-state index in [1.54, 1.807) is 6.07 Å². The largest absolute Gasteiger partial charge is 0.478 e. The number of carboxylic acids is 1. The van der Waals surface area contributed by atoms with E-state index in [1.165, 1.54) is 12.1 Å². The highest BCUT2D eigenvalue weighted by Gasteiger charge is 2.22. The number of ether oxygens (including phenoxy) is 1. The van der Waals surface area contributed by atoms with Crippen LogP contribution in [-0.2, 0) is 4.74 Å². The van der Waals surface area contributed by atoms with Gasteiger partial charge < -0.3 is 14.7 Å². The van der Waals surface area contributed by atoms with E-state index >= 15 is 0 Å². The Hall–Kier alpha value is -2.57. The number of morpholine rings is 1. The maximum absolute atomic E-state index is 10.9. The zero-order valence-corrected chi connectivity index (χ0v) is 10.0. The normalized spacial score (nSPS) is 18.4. The number of hydrogen-bond acceptors (Lipinski definition) is 5. The van der Waals surface area contributed by atoms with Crippen LogP contribution in [0.3, 0.4) is 0 Å². The fourth-order valence-corrected chi connectivity index (χ4v) is 1.98. The Labute approximate surface area is 110 Å². The van der Waals surface area contributed by atoms with Gasteiger partial charge in [-0.2, -0.15) is 10.5 Å². The molecule has 0 amide bonds. The molecular formula is C13H11N3O3. The second-order valence-electron chi connectivity index (χ2n) is 4.08. The number of anilines is 1. The first kappa shape index (κ1) is 12.9. The van der Waals surface area contributed by atoms with Crippen molar-refractivity contribution in [3.63, 3.8) is 0 Å². The Morgan fingerprint density at radius 1 is 1.47 bits per heavy atom. The minimum Gasteiger partial charge on any atom is -0.478 e. The molecule has 0 aromatic heterocycles. The predicted molar refractivity (Wildman–Crippen MR) is 65.7 cm³/mol. The van der Waals surface area contributed by atoms with Crippen LogP contribution >= 0.6 is 0 Å². The smallest absolute Gasteiger partial charge is 0.335 e. The Bertz CT molecular complexity index is 586. The number of benzene rings is 1. The number of hydrogen-bond donors (Lipinski definition) is 1. The second kappa shape index (κ2) is 5.38. The third kappa shape index (κ3) is 2.65. The number of carbonyl (C=O) groups is 1. The van der Waals surface area contributed by atoms with Crippen molar-refractivity contribution in [3.8, 4) is 12.1 Å². The molecule has 1 saturated heterocycles. The van der Waals surface area contributed by atoms with E-state index < -0.39 is 12.1 Å². The van der Waals surface area contributed by atoms with Crippen molar-refractivity contribution >= 4 is 11.7 Å². The van der Waals surface area contributed by atoms with Gasteiger partial charge in [-0.1, -0.05) is 0 Å². The number of nitriles is 2. The molecule has 6 nitrogen and oxygen atoms in total. The maximum atomic E-state index is 10.9. The fourth-order valence-electron chi connectivity index (χ4n) is 1.98. The molecule has 0 spiro atoms. The minimum absolute atomic E-state index is 0.0744. The van der Waals surface area contributed by atoms with Gasteiger partial charge in [0.05, 0.1) is 36.0 Å². The van der Waals surface area contributed by atoms with Crippen molar-refractivity contribution in [3.05, 3.63) is 29.3 Å². The van der Waals surface area contributed by atoms with E-state index in [2.05, 4.69) is 0 Å². The number of aromatic carboxylic acids is 1. The lowest BCUT2D eigenvalue weighted by molar-refractivity contribution is 0.0696. The summed E-state index contributed by atoms with van der Waals surface area (Å²) in [5.41, 5.74) is 1.000. The van der Waals surface area contributed by atoms with Crippen molar-refractivity contribution in [2.24, 2.45) is 0 Å². The van der Waals surface area contributed by atoms with Crippen LogP contribution in [0.1, 0.15) is 15.9 Å². The standard InChI is InChI=1S/C13H11N3O3/c14-6-10-5-9(13(17)18)1-2-12(10)16-3-4-19-11(7-15)8-16/h1-2,5,11H,3-4,8H2,(H,17,18). The molecule has 19 heavy (non-hydrogen) atoms. The summed E-state index contributed by atoms with van der Waals surface area (Å²) in [6.45, 7) is 1.35. The molecule has 1 fully saturated rings. The Balaban J connectivity index is 2.32. The summed E-state index contributed by atoms with van der Waals surface area (Å²) in [5.74, 6) is -1.07. The highest BCUT2D eigenvalue weighted by Crippen LogP contribution is 2.23. The van der Waals surface area contributed by atoms with Gasteiger partial charge in [0.1, 0.15) is 6.07 Å². The summed E-state index contributed by atoms with van der Waals surface area (Å²) in [5, 5.41) is 26.9. The third-order valence-electron chi connectivity index (χ3n) is 2.92. The number of rotatable bonds is 2. The summed E-state index contributed by atoms with van der Waals surface area (Å²) in [6.07, 6.45) is -0.528. The first-order chi connectivity index (χ1) is 9.15. The van der Waals surface area contributed by atoms with Crippen molar-refractivity contribution in [2.45, 2.75) is 6.10 Å². The van der Waals surface area contributed by atoms with E-state index in [4.69, 9.17) is 20.4 Å². The summed E-state index contributed by atoms with van der Waals surface area (Å²) in [7, 11) is 0. The Kier molecular flexibility index (Phi) is 3.65. The van der Waals surface area contributed by atoms with Gasteiger partial charge in [0.15, 0.2) is 6.10 Å². The lowest BCUT2D eigenvalue weighted by atomic mass is 10.1. The zero-order chi connectivity index (χ0) is 13.8. The number of nitrogens with zero attached hydrogens (tertiary/aromatic N) is 3. The van der Waals surface area contributed by atoms with Crippen LogP contribution in [0.2, 0.25) is 0 Å². The third-order valence-corrected chi connectivity index (χ3v) is 2.92. The average Bonchev–Trinajstić information content (AvgIpc) is 2.46. The van der Waals surface area contributed by atoms with Crippen molar-refractivity contribution in [1.29, 1.82) is 10.5 Å². The molecule has 96 valence electrons. The van der Waals surface area contributed by atoms with Gasteiger partial charge >= 0.3 is 5.97 Å². The SMILES string of the molecule is N#Cc1cc(C(=O)O)ccc1N1CCOC(C#N)C1. The molecule has 0 bridgehead atoms. The summed E-state index contributed by atoms with van der Waals surface area (Å²) in [6, 6.07) is 8.42. The van der Waals surface area contributed by atoms with E-state index in [0.29, 0.717) is 30.9 Å².